The SMILES string of the molecule is C[As](C)(=O)CC(O)C(O)C(O)C(=O)O. The van der Waals surface area contributed by atoms with Crippen LogP contribution in [0.5, 0.6) is 0 Å². The van der Waals surface area contributed by atoms with Gasteiger partial charge < -0.3 is 0 Å². The molecule has 0 spiro atoms. The molecule has 0 saturated carbocycles. The molecule has 0 amide bonds. The molecule has 0 aliphatic carbocycles. The number of carboxylic acids is 1. The third-order valence-electron chi connectivity index (χ3n) is 1.60. The van der Waals surface area contributed by atoms with Gasteiger partial charge in [-0.1, -0.05) is 0 Å². The minimum atomic E-state index is -3.15. The quantitative estimate of drug-likeness (QED) is 0.466. The van der Waals surface area contributed by atoms with Gasteiger partial charge in [-0.05, 0) is 0 Å². The van der Waals surface area contributed by atoms with Crippen molar-refractivity contribution in [2.24, 2.45) is 0 Å². The van der Waals surface area contributed by atoms with Gasteiger partial charge in [0.2, 0.25) is 0 Å². The Hall–Kier alpha value is -0.292. The van der Waals surface area contributed by atoms with Gasteiger partial charge in [0.15, 0.2) is 0 Å². The van der Waals surface area contributed by atoms with Crippen molar-refractivity contribution in [1.29, 1.82) is 0 Å². The van der Waals surface area contributed by atoms with E-state index in [0.717, 1.165) is 0 Å². The van der Waals surface area contributed by atoms with Crippen molar-refractivity contribution in [1.82, 2.24) is 0 Å². The molecule has 0 fully saturated rings. The Bertz CT molecular complexity index is 247. The van der Waals surface area contributed by atoms with Crippen LogP contribution in [0.3, 0.4) is 0 Å². The van der Waals surface area contributed by atoms with E-state index in [1.165, 1.54) is 11.4 Å². The summed E-state index contributed by atoms with van der Waals surface area (Å²) < 4.78 is 11.3. The third kappa shape index (κ3) is 4.81. The second-order valence-electron chi connectivity index (χ2n) is 3.60. The number of carbonyl (C=O) groups is 1. The van der Waals surface area contributed by atoms with Gasteiger partial charge in [-0.25, -0.2) is 0 Å². The van der Waals surface area contributed by atoms with E-state index in [1.54, 1.807) is 0 Å². The fourth-order valence-corrected chi connectivity index (χ4v) is 3.26. The van der Waals surface area contributed by atoms with Crippen molar-refractivity contribution in [3.05, 3.63) is 0 Å². The molecule has 4 N–H and O–H groups in total. The summed E-state index contributed by atoms with van der Waals surface area (Å²) in [6.07, 6.45) is -5.32. The number of carboxylic acid groups (broad SMARTS) is 1. The molecule has 0 aromatic heterocycles. The summed E-state index contributed by atoms with van der Waals surface area (Å²) in [7, 11) is 0. The number of hydrogen-bond acceptors (Lipinski definition) is 5. The molecule has 3 unspecified atom stereocenters. The summed E-state index contributed by atoms with van der Waals surface area (Å²) in [4.78, 5) is 10.2. The zero-order chi connectivity index (χ0) is 11.5. The molecule has 3 atom stereocenters. The summed E-state index contributed by atoms with van der Waals surface area (Å²) in [6, 6.07) is 0. The molecule has 0 heterocycles. The van der Waals surface area contributed by atoms with Crippen LogP contribution in [0.4, 0.5) is 0 Å². The Morgan fingerprint density at radius 3 is 2.00 bits per heavy atom. The average molecular weight is 270 g/mol. The van der Waals surface area contributed by atoms with Crippen LogP contribution >= 0.6 is 0 Å². The van der Waals surface area contributed by atoms with Crippen LogP contribution < -0.4 is 0 Å². The summed E-state index contributed by atoms with van der Waals surface area (Å²) in [5.41, 5.74) is 2.92. The summed E-state index contributed by atoms with van der Waals surface area (Å²) >= 11 is -3.15. The van der Waals surface area contributed by atoms with Crippen molar-refractivity contribution in [2.45, 2.75) is 34.9 Å². The Morgan fingerprint density at radius 1 is 1.29 bits per heavy atom. The van der Waals surface area contributed by atoms with E-state index in [-0.39, 0.29) is 5.21 Å². The first-order valence-electron chi connectivity index (χ1n) is 3.96. The van der Waals surface area contributed by atoms with Gasteiger partial charge in [0.1, 0.15) is 0 Å². The Morgan fingerprint density at radius 2 is 1.71 bits per heavy atom. The van der Waals surface area contributed by atoms with Gasteiger partial charge in [0, 0.05) is 0 Å². The molecule has 0 aliphatic heterocycles. The monoisotopic (exact) mass is 270 g/mol. The maximum absolute atomic E-state index is 11.3. The molecular formula is C7H15AsO6. The minimum absolute atomic E-state index is 0.163. The van der Waals surface area contributed by atoms with E-state index < -0.39 is 37.8 Å². The molecular weight excluding hydrogens is 255 g/mol. The fraction of sp³-hybridized carbons (Fsp3) is 0.857. The van der Waals surface area contributed by atoms with Gasteiger partial charge >= 0.3 is 83.4 Å². The number of hydrogen-bond donors (Lipinski definition) is 4. The van der Waals surface area contributed by atoms with Crippen LogP contribution in [0, 0.1) is 0 Å². The third-order valence-corrected chi connectivity index (χ3v) is 4.23. The first-order valence-corrected chi connectivity index (χ1v) is 9.81. The Labute approximate surface area is 83.9 Å². The van der Waals surface area contributed by atoms with Crippen molar-refractivity contribution in [3.63, 3.8) is 0 Å². The van der Waals surface area contributed by atoms with Gasteiger partial charge in [-0.3, -0.25) is 0 Å². The molecule has 0 bridgehead atoms. The van der Waals surface area contributed by atoms with Gasteiger partial charge in [-0.2, -0.15) is 0 Å². The van der Waals surface area contributed by atoms with Crippen molar-refractivity contribution < 1.29 is 29.0 Å². The van der Waals surface area contributed by atoms with Crippen LogP contribution in [-0.2, 0) is 8.53 Å². The van der Waals surface area contributed by atoms with Crippen LogP contribution in [0.15, 0.2) is 0 Å². The molecule has 14 heavy (non-hydrogen) atoms. The van der Waals surface area contributed by atoms with Crippen LogP contribution in [-0.4, -0.2) is 58.2 Å². The molecule has 0 rings (SSSR count). The van der Waals surface area contributed by atoms with E-state index >= 15 is 0 Å². The molecule has 0 aliphatic rings. The van der Waals surface area contributed by atoms with Crippen LogP contribution in [0.1, 0.15) is 0 Å². The normalized spacial score (nSPS) is 18.6. The predicted octanol–water partition coefficient (Wildman–Crippen LogP) is -1.21. The van der Waals surface area contributed by atoms with Crippen LogP contribution in [0.25, 0.3) is 0 Å². The van der Waals surface area contributed by atoms with Gasteiger partial charge in [0.05, 0.1) is 0 Å². The second kappa shape index (κ2) is 4.98. The van der Waals surface area contributed by atoms with E-state index in [2.05, 4.69) is 0 Å². The zero-order valence-corrected chi connectivity index (χ0v) is 9.87. The molecule has 0 aromatic carbocycles. The molecule has 0 aromatic rings. The van der Waals surface area contributed by atoms with Crippen molar-refractivity contribution >= 4 is 19.5 Å². The molecule has 0 radical (unpaired) electrons. The summed E-state index contributed by atoms with van der Waals surface area (Å²) in [5, 5.41) is 35.4. The number of aliphatic carboxylic acids is 1. The van der Waals surface area contributed by atoms with E-state index in [0.29, 0.717) is 0 Å². The molecule has 84 valence electrons. The maximum atomic E-state index is 11.3. The molecule has 6 nitrogen and oxygen atoms in total. The average Bonchev–Trinajstić information content (AvgIpc) is 1.98. The zero-order valence-electron chi connectivity index (χ0n) is 7.99. The molecule has 0 saturated heterocycles. The number of rotatable bonds is 5. The summed E-state index contributed by atoms with van der Waals surface area (Å²) in [6.45, 7) is 0. The number of aliphatic hydroxyl groups is 3. The van der Waals surface area contributed by atoms with E-state index in [9.17, 15) is 13.6 Å². The first kappa shape index (κ1) is 13.7. The first-order chi connectivity index (χ1) is 6.15. The fourth-order valence-electron chi connectivity index (χ4n) is 0.915. The predicted molar refractivity (Wildman–Crippen MR) is 48.6 cm³/mol. The van der Waals surface area contributed by atoms with Crippen molar-refractivity contribution in [3.8, 4) is 0 Å². The van der Waals surface area contributed by atoms with Crippen LogP contribution in [0.2, 0.25) is 16.6 Å². The Balaban J connectivity index is 4.32. The van der Waals surface area contributed by atoms with E-state index in [1.807, 2.05) is 0 Å². The van der Waals surface area contributed by atoms with Gasteiger partial charge in [-0.15, -0.1) is 0 Å². The topological polar surface area (TPSA) is 115 Å². The molecule has 7 heteroatoms. The van der Waals surface area contributed by atoms with Gasteiger partial charge in [0.25, 0.3) is 0 Å². The Kier molecular flexibility index (Phi) is 4.87. The number of aliphatic hydroxyl groups excluding tert-OH is 3. The van der Waals surface area contributed by atoms with Crippen molar-refractivity contribution in [2.75, 3.05) is 0 Å². The second-order valence-corrected chi connectivity index (χ2v) is 11.0. The van der Waals surface area contributed by atoms with E-state index in [4.69, 9.17) is 15.3 Å². The standard InChI is InChI=1S/C7H15AsO6/c1-8(2,14)3-4(9)5(10)6(11)7(12)13/h4-6,9-11H,3H2,1-2H3,(H,12,13). The summed E-state index contributed by atoms with van der Waals surface area (Å²) in [5.74, 6) is -1.62.